The van der Waals surface area contributed by atoms with Gasteiger partial charge in [-0.25, -0.2) is 4.98 Å². The summed E-state index contributed by atoms with van der Waals surface area (Å²) in [5, 5.41) is 3.50. The van der Waals surface area contributed by atoms with Gasteiger partial charge < -0.3 is 14.6 Å². The number of nitrogens with zero attached hydrogens (tertiary/aromatic N) is 2. The lowest BCUT2D eigenvalue weighted by molar-refractivity contribution is 0.0949. The van der Waals surface area contributed by atoms with Crippen LogP contribution < -0.4 is 10.1 Å². The molecule has 0 bridgehead atoms. The fourth-order valence-corrected chi connectivity index (χ4v) is 4.13. The number of nitrogens with one attached hydrogen (secondary N) is 1. The SMILES string of the molecule is CCC(C)c1ccc(OCCCn2c(CNC(=O)c3cccc(Cl)c3)nc3ccccc32)cc1. The van der Waals surface area contributed by atoms with Crippen LogP contribution in [0.2, 0.25) is 5.02 Å². The smallest absolute Gasteiger partial charge is 0.251 e. The van der Waals surface area contributed by atoms with Crippen LogP contribution in [0.15, 0.2) is 72.8 Å². The predicted molar refractivity (Wildman–Crippen MR) is 138 cm³/mol. The molecule has 0 spiro atoms. The molecule has 34 heavy (non-hydrogen) atoms. The van der Waals surface area contributed by atoms with Crippen molar-refractivity contribution in [2.24, 2.45) is 0 Å². The van der Waals surface area contributed by atoms with Gasteiger partial charge in [0.25, 0.3) is 5.91 Å². The first-order valence-electron chi connectivity index (χ1n) is 11.8. The van der Waals surface area contributed by atoms with Gasteiger partial charge in [0.05, 0.1) is 24.2 Å². The predicted octanol–water partition coefficient (Wildman–Crippen LogP) is 6.60. The molecule has 4 aromatic rings. The molecular weight excluding hydrogens is 446 g/mol. The molecule has 3 aromatic carbocycles. The Morgan fingerprint density at radius 1 is 1.09 bits per heavy atom. The van der Waals surface area contributed by atoms with Crippen LogP contribution in [0.3, 0.4) is 0 Å². The van der Waals surface area contributed by atoms with E-state index in [2.05, 4.69) is 41.9 Å². The van der Waals surface area contributed by atoms with E-state index < -0.39 is 0 Å². The minimum Gasteiger partial charge on any atom is -0.494 e. The summed E-state index contributed by atoms with van der Waals surface area (Å²) in [7, 11) is 0. The van der Waals surface area contributed by atoms with Crippen LogP contribution in [0.1, 0.15) is 54.4 Å². The number of hydrogen-bond acceptors (Lipinski definition) is 3. The third-order valence-corrected chi connectivity index (χ3v) is 6.32. The van der Waals surface area contributed by atoms with E-state index in [4.69, 9.17) is 21.3 Å². The van der Waals surface area contributed by atoms with Crippen molar-refractivity contribution in [3.63, 3.8) is 0 Å². The minimum atomic E-state index is -0.176. The topological polar surface area (TPSA) is 56.1 Å². The van der Waals surface area contributed by atoms with Gasteiger partial charge >= 0.3 is 0 Å². The zero-order valence-corrected chi connectivity index (χ0v) is 20.4. The molecule has 0 aliphatic rings. The maximum absolute atomic E-state index is 12.6. The Balaban J connectivity index is 1.38. The summed E-state index contributed by atoms with van der Waals surface area (Å²) in [6.07, 6.45) is 1.95. The number of rotatable bonds is 10. The Morgan fingerprint density at radius 2 is 1.88 bits per heavy atom. The van der Waals surface area contributed by atoms with Crippen LogP contribution in [0, 0.1) is 0 Å². The summed E-state index contributed by atoms with van der Waals surface area (Å²) in [5.41, 5.74) is 3.83. The fourth-order valence-electron chi connectivity index (χ4n) is 3.94. The molecular formula is C28H30ClN3O2. The number of halogens is 1. The number of para-hydroxylation sites is 2. The van der Waals surface area contributed by atoms with Crippen molar-refractivity contribution in [1.29, 1.82) is 0 Å². The first kappa shape index (κ1) is 23.8. The molecule has 0 saturated heterocycles. The number of fused-ring (bicyclic) bond motifs is 1. The van der Waals surface area contributed by atoms with Crippen LogP contribution in [0.4, 0.5) is 0 Å². The van der Waals surface area contributed by atoms with E-state index in [9.17, 15) is 4.79 Å². The standard InChI is InChI=1S/C28H30ClN3O2/c1-3-20(2)21-12-14-24(15-13-21)34-17-7-16-32-26-11-5-4-10-25(26)31-27(32)19-30-28(33)22-8-6-9-23(29)18-22/h4-6,8-15,18,20H,3,7,16-17,19H2,1-2H3,(H,30,33). The molecule has 1 atom stereocenters. The summed E-state index contributed by atoms with van der Waals surface area (Å²) in [6, 6.07) is 23.3. The van der Waals surface area contributed by atoms with Crippen molar-refractivity contribution in [2.45, 2.75) is 45.7 Å². The maximum atomic E-state index is 12.6. The van der Waals surface area contributed by atoms with Crippen LogP contribution in [-0.4, -0.2) is 22.1 Å². The number of ether oxygens (including phenoxy) is 1. The second-order valence-corrected chi connectivity index (χ2v) is 8.88. The Labute approximate surface area is 205 Å². The third-order valence-electron chi connectivity index (χ3n) is 6.08. The molecule has 0 aliphatic heterocycles. The second kappa shape index (κ2) is 11.2. The minimum absolute atomic E-state index is 0.176. The number of carbonyl (C=O) groups is 1. The highest BCUT2D eigenvalue weighted by molar-refractivity contribution is 6.30. The first-order chi connectivity index (χ1) is 16.5. The fraction of sp³-hybridized carbons (Fsp3) is 0.286. The highest BCUT2D eigenvalue weighted by atomic mass is 35.5. The highest BCUT2D eigenvalue weighted by Crippen LogP contribution is 2.22. The van der Waals surface area contributed by atoms with Gasteiger partial charge in [-0.2, -0.15) is 0 Å². The zero-order chi connectivity index (χ0) is 23.9. The van der Waals surface area contributed by atoms with Crippen molar-refractivity contribution in [3.8, 4) is 5.75 Å². The maximum Gasteiger partial charge on any atom is 0.251 e. The molecule has 5 nitrogen and oxygen atoms in total. The van der Waals surface area contributed by atoms with E-state index in [-0.39, 0.29) is 5.91 Å². The molecule has 176 valence electrons. The van der Waals surface area contributed by atoms with E-state index in [1.165, 1.54) is 5.56 Å². The Kier molecular flexibility index (Phi) is 7.86. The third kappa shape index (κ3) is 5.78. The molecule has 0 saturated carbocycles. The van der Waals surface area contributed by atoms with E-state index in [1.54, 1.807) is 24.3 Å². The van der Waals surface area contributed by atoms with Gasteiger partial charge in [0, 0.05) is 17.1 Å². The van der Waals surface area contributed by atoms with Crippen molar-refractivity contribution in [2.75, 3.05) is 6.61 Å². The molecule has 1 unspecified atom stereocenters. The average Bonchev–Trinajstić information content (AvgIpc) is 3.22. The summed E-state index contributed by atoms with van der Waals surface area (Å²) in [6.45, 7) is 6.11. The summed E-state index contributed by atoms with van der Waals surface area (Å²) >= 11 is 6.02. The van der Waals surface area contributed by atoms with Gasteiger partial charge in [-0.3, -0.25) is 4.79 Å². The van der Waals surface area contributed by atoms with Crippen LogP contribution in [0.5, 0.6) is 5.75 Å². The number of amides is 1. The molecule has 1 heterocycles. The van der Waals surface area contributed by atoms with E-state index in [1.807, 2.05) is 30.3 Å². The van der Waals surface area contributed by atoms with Gasteiger partial charge in [-0.05, 0) is 66.8 Å². The number of hydrogen-bond donors (Lipinski definition) is 1. The van der Waals surface area contributed by atoms with Gasteiger partial charge in [0.1, 0.15) is 11.6 Å². The zero-order valence-electron chi connectivity index (χ0n) is 19.6. The van der Waals surface area contributed by atoms with Crippen molar-refractivity contribution in [1.82, 2.24) is 14.9 Å². The Bertz CT molecular complexity index is 1250. The van der Waals surface area contributed by atoms with E-state index in [0.717, 1.165) is 42.0 Å². The summed E-state index contributed by atoms with van der Waals surface area (Å²) in [4.78, 5) is 17.3. The number of carbonyl (C=O) groups excluding carboxylic acids is 1. The van der Waals surface area contributed by atoms with Gasteiger partial charge in [-0.1, -0.05) is 55.8 Å². The summed E-state index contributed by atoms with van der Waals surface area (Å²) < 4.78 is 8.13. The first-order valence-corrected chi connectivity index (χ1v) is 12.1. The molecule has 1 aromatic heterocycles. The lowest BCUT2D eigenvalue weighted by atomic mass is 9.99. The second-order valence-electron chi connectivity index (χ2n) is 8.44. The monoisotopic (exact) mass is 475 g/mol. The van der Waals surface area contributed by atoms with E-state index in [0.29, 0.717) is 29.7 Å². The lowest BCUT2D eigenvalue weighted by Crippen LogP contribution is -2.25. The van der Waals surface area contributed by atoms with Gasteiger partial charge in [0.15, 0.2) is 0 Å². The molecule has 0 aliphatic carbocycles. The quantitative estimate of drug-likeness (QED) is 0.263. The van der Waals surface area contributed by atoms with Gasteiger partial charge in [0.2, 0.25) is 0 Å². The van der Waals surface area contributed by atoms with Crippen LogP contribution >= 0.6 is 11.6 Å². The van der Waals surface area contributed by atoms with Crippen molar-refractivity contribution < 1.29 is 9.53 Å². The number of imidazole rings is 1. The number of benzene rings is 3. The molecule has 0 radical (unpaired) electrons. The molecule has 4 rings (SSSR count). The number of aromatic nitrogens is 2. The average molecular weight is 476 g/mol. The molecule has 6 heteroatoms. The largest absolute Gasteiger partial charge is 0.494 e. The Hall–Kier alpha value is -3.31. The van der Waals surface area contributed by atoms with Crippen molar-refractivity contribution in [3.05, 3.63) is 94.8 Å². The highest BCUT2D eigenvalue weighted by Gasteiger charge is 2.13. The summed E-state index contributed by atoms with van der Waals surface area (Å²) in [5.74, 6) is 2.08. The molecule has 1 N–H and O–H groups in total. The lowest BCUT2D eigenvalue weighted by Gasteiger charge is -2.12. The molecule has 1 amide bonds. The van der Waals surface area contributed by atoms with Crippen LogP contribution in [0.25, 0.3) is 11.0 Å². The molecule has 0 fully saturated rings. The Morgan fingerprint density at radius 3 is 2.65 bits per heavy atom. The van der Waals surface area contributed by atoms with Crippen molar-refractivity contribution >= 4 is 28.5 Å². The number of aryl methyl sites for hydroxylation is 1. The van der Waals surface area contributed by atoms with Crippen LogP contribution in [-0.2, 0) is 13.1 Å². The normalized spacial score (nSPS) is 12.0. The van der Waals surface area contributed by atoms with Gasteiger partial charge in [-0.15, -0.1) is 0 Å². The van der Waals surface area contributed by atoms with E-state index >= 15 is 0 Å².